The first-order chi connectivity index (χ1) is 9.51. The molecule has 2 rings (SSSR count). The fourth-order valence-electron chi connectivity index (χ4n) is 1.97. The van der Waals surface area contributed by atoms with Gasteiger partial charge >= 0.3 is 0 Å². The standard InChI is InChI=1S/C14H18N2O3S/c1-19-13-6-2-4-11(8-13)10-16-20(17,18)14-7-3-5-12(15)9-14/h3-5,7-9,16H,2,6,10,15H2,1H3. The van der Waals surface area contributed by atoms with Gasteiger partial charge in [-0.2, -0.15) is 0 Å². The number of allylic oxidation sites excluding steroid dienone is 2. The Balaban J connectivity index is 2.07. The van der Waals surface area contributed by atoms with Crippen LogP contribution in [0, 0.1) is 0 Å². The molecule has 0 heterocycles. The second-order valence-corrected chi connectivity index (χ2v) is 6.30. The minimum atomic E-state index is -3.55. The van der Waals surface area contributed by atoms with Crippen LogP contribution in [0.1, 0.15) is 12.8 Å². The van der Waals surface area contributed by atoms with Crippen molar-refractivity contribution in [3.8, 4) is 0 Å². The highest BCUT2D eigenvalue weighted by Crippen LogP contribution is 2.18. The number of methoxy groups -OCH3 is 1. The van der Waals surface area contributed by atoms with Crippen LogP contribution in [0.3, 0.4) is 0 Å². The molecule has 1 aliphatic carbocycles. The van der Waals surface area contributed by atoms with Crippen molar-refractivity contribution in [1.29, 1.82) is 0 Å². The van der Waals surface area contributed by atoms with Crippen molar-refractivity contribution in [2.45, 2.75) is 17.7 Å². The molecule has 1 aliphatic rings. The Morgan fingerprint density at radius 1 is 1.40 bits per heavy atom. The first kappa shape index (κ1) is 14.6. The highest BCUT2D eigenvalue weighted by atomic mass is 32.2. The summed E-state index contributed by atoms with van der Waals surface area (Å²) in [4.78, 5) is 0.171. The predicted octanol–water partition coefficient (Wildman–Crippen LogP) is 1.80. The fourth-order valence-corrected chi connectivity index (χ4v) is 3.04. The van der Waals surface area contributed by atoms with Crippen LogP contribution in [0.25, 0.3) is 0 Å². The first-order valence-electron chi connectivity index (χ1n) is 6.30. The van der Waals surface area contributed by atoms with E-state index in [1.807, 2.05) is 12.2 Å². The van der Waals surface area contributed by atoms with Crippen molar-refractivity contribution in [3.63, 3.8) is 0 Å². The predicted molar refractivity (Wildman–Crippen MR) is 78.5 cm³/mol. The molecule has 0 atom stereocenters. The van der Waals surface area contributed by atoms with E-state index in [0.717, 1.165) is 24.2 Å². The van der Waals surface area contributed by atoms with Crippen molar-refractivity contribution < 1.29 is 13.2 Å². The lowest BCUT2D eigenvalue weighted by Crippen LogP contribution is -2.26. The molecule has 0 bridgehead atoms. The summed E-state index contributed by atoms with van der Waals surface area (Å²) in [6, 6.07) is 6.22. The second-order valence-electron chi connectivity index (χ2n) is 4.53. The largest absolute Gasteiger partial charge is 0.501 e. The van der Waals surface area contributed by atoms with Crippen LogP contribution >= 0.6 is 0 Å². The van der Waals surface area contributed by atoms with Gasteiger partial charge in [0.25, 0.3) is 0 Å². The highest BCUT2D eigenvalue weighted by Gasteiger charge is 2.15. The van der Waals surface area contributed by atoms with E-state index >= 15 is 0 Å². The van der Waals surface area contributed by atoms with Gasteiger partial charge in [-0.05, 0) is 36.3 Å². The topological polar surface area (TPSA) is 81.4 Å². The smallest absolute Gasteiger partial charge is 0.240 e. The molecule has 0 aromatic heterocycles. The van der Waals surface area contributed by atoms with Crippen molar-refractivity contribution in [1.82, 2.24) is 4.72 Å². The maximum Gasteiger partial charge on any atom is 0.240 e. The van der Waals surface area contributed by atoms with E-state index in [9.17, 15) is 8.42 Å². The Morgan fingerprint density at radius 3 is 2.90 bits per heavy atom. The third-order valence-electron chi connectivity index (χ3n) is 3.04. The Labute approximate surface area is 119 Å². The molecule has 0 amide bonds. The number of nitrogens with two attached hydrogens (primary N) is 1. The summed E-state index contributed by atoms with van der Waals surface area (Å²) in [5, 5.41) is 0. The molecule has 0 fully saturated rings. The zero-order valence-electron chi connectivity index (χ0n) is 11.3. The van der Waals surface area contributed by atoms with Gasteiger partial charge in [0.2, 0.25) is 10.0 Å². The molecule has 1 aromatic carbocycles. The number of benzene rings is 1. The van der Waals surface area contributed by atoms with Crippen molar-refractivity contribution in [2.75, 3.05) is 19.4 Å². The van der Waals surface area contributed by atoms with Crippen LogP contribution in [0.5, 0.6) is 0 Å². The minimum Gasteiger partial charge on any atom is -0.501 e. The van der Waals surface area contributed by atoms with Gasteiger partial charge in [0, 0.05) is 18.7 Å². The zero-order valence-corrected chi connectivity index (χ0v) is 12.1. The van der Waals surface area contributed by atoms with Gasteiger partial charge < -0.3 is 10.5 Å². The van der Waals surface area contributed by atoms with Crippen LogP contribution in [-0.2, 0) is 14.8 Å². The number of sulfonamides is 1. The van der Waals surface area contributed by atoms with E-state index < -0.39 is 10.0 Å². The average Bonchev–Trinajstić information content (AvgIpc) is 2.45. The van der Waals surface area contributed by atoms with Crippen molar-refractivity contribution in [3.05, 3.63) is 47.7 Å². The van der Waals surface area contributed by atoms with Crippen LogP contribution in [0.4, 0.5) is 5.69 Å². The lowest BCUT2D eigenvalue weighted by Gasteiger charge is -2.13. The third kappa shape index (κ3) is 3.61. The summed E-state index contributed by atoms with van der Waals surface area (Å²) in [7, 11) is -1.93. The van der Waals surface area contributed by atoms with E-state index in [0.29, 0.717) is 5.69 Å². The number of hydrogen-bond acceptors (Lipinski definition) is 4. The normalized spacial score (nSPS) is 15.4. The Kier molecular flexibility index (Phi) is 4.46. The van der Waals surface area contributed by atoms with Gasteiger partial charge in [-0.25, -0.2) is 13.1 Å². The number of nitrogens with one attached hydrogen (secondary N) is 1. The Bertz CT molecular complexity index is 648. The molecule has 0 aliphatic heterocycles. The zero-order chi connectivity index (χ0) is 14.6. The number of nitrogen functional groups attached to an aromatic ring is 1. The van der Waals surface area contributed by atoms with E-state index in [1.165, 1.54) is 12.1 Å². The number of hydrogen-bond donors (Lipinski definition) is 2. The monoisotopic (exact) mass is 294 g/mol. The summed E-state index contributed by atoms with van der Waals surface area (Å²) in [6.07, 6.45) is 5.58. The lowest BCUT2D eigenvalue weighted by atomic mass is 10.1. The molecule has 0 unspecified atom stereocenters. The summed E-state index contributed by atoms with van der Waals surface area (Å²) in [5.74, 6) is 0.866. The van der Waals surface area contributed by atoms with Gasteiger partial charge in [-0.3, -0.25) is 0 Å². The maximum atomic E-state index is 12.1. The van der Waals surface area contributed by atoms with Crippen LogP contribution in [-0.4, -0.2) is 22.1 Å². The fraction of sp³-hybridized carbons (Fsp3) is 0.286. The first-order valence-corrected chi connectivity index (χ1v) is 7.78. The Morgan fingerprint density at radius 2 is 2.20 bits per heavy atom. The SMILES string of the molecule is COC1=CC(CNS(=O)(=O)c2cccc(N)c2)=CCC1. The van der Waals surface area contributed by atoms with Crippen LogP contribution in [0.15, 0.2) is 52.6 Å². The molecule has 0 radical (unpaired) electrons. The second kappa shape index (κ2) is 6.11. The van der Waals surface area contributed by atoms with Crippen molar-refractivity contribution in [2.24, 2.45) is 0 Å². The van der Waals surface area contributed by atoms with E-state index in [2.05, 4.69) is 4.72 Å². The van der Waals surface area contributed by atoms with Gasteiger partial charge in [-0.1, -0.05) is 12.1 Å². The molecular formula is C14H18N2O3S. The van der Waals surface area contributed by atoms with Crippen LogP contribution < -0.4 is 10.5 Å². The quantitative estimate of drug-likeness (QED) is 0.811. The summed E-state index contributed by atoms with van der Waals surface area (Å²) in [6.45, 7) is 0.240. The molecule has 3 N–H and O–H groups in total. The molecule has 6 heteroatoms. The number of ether oxygens (including phenoxy) is 1. The van der Waals surface area contributed by atoms with E-state index in [-0.39, 0.29) is 11.4 Å². The summed E-state index contributed by atoms with van der Waals surface area (Å²) < 4.78 is 32.0. The van der Waals surface area contributed by atoms with E-state index in [4.69, 9.17) is 10.5 Å². The Hall–Kier alpha value is -1.79. The molecule has 0 spiro atoms. The van der Waals surface area contributed by atoms with Gasteiger partial charge in [0.05, 0.1) is 17.8 Å². The highest BCUT2D eigenvalue weighted by molar-refractivity contribution is 7.89. The van der Waals surface area contributed by atoms with E-state index in [1.54, 1.807) is 19.2 Å². The maximum absolute atomic E-state index is 12.1. The number of rotatable bonds is 5. The van der Waals surface area contributed by atoms with Gasteiger partial charge in [0.15, 0.2) is 0 Å². The summed E-state index contributed by atoms with van der Waals surface area (Å²) >= 11 is 0. The lowest BCUT2D eigenvalue weighted by molar-refractivity contribution is 0.276. The van der Waals surface area contributed by atoms with Crippen LogP contribution in [0.2, 0.25) is 0 Å². The average molecular weight is 294 g/mol. The molecule has 5 nitrogen and oxygen atoms in total. The van der Waals surface area contributed by atoms with Gasteiger partial charge in [0.1, 0.15) is 0 Å². The molecule has 0 saturated carbocycles. The molecule has 1 aromatic rings. The molecule has 20 heavy (non-hydrogen) atoms. The summed E-state index contributed by atoms with van der Waals surface area (Å²) in [5.41, 5.74) is 6.93. The number of anilines is 1. The third-order valence-corrected chi connectivity index (χ3v) is 4.44. The van der Waals surface area contributed by atoms with Gasteiger partial charge in [-0.15, -0.1) is 0 Å². The minimum absolute atomic E-state index is 0.171. The molecule has 0 saturated heterocycles. The van der Waals surface area contributed by atoms with Crippen molar-refractivity contribution >= 4 is 15.7 Å². The molecule has 108 valence electrons. The molecular weight excluding hydrogens is 276 g/mol.